The van der Waals surface area contributed by atoms with Crippen LogP contribution in [0.3, 0.4) is 0 Å². The Morgan fingerprint density at radius 3 is 2.76 bits per heavy atom. The van der Waals surface area contributed by atoms with Crippen molar-refractivity contribution in [2.45, 2.75) is 18.9 Å². The normalized spacial score (nSPS) is 16.4. The molecule has 0 aromatic heterocycles. The van der Waals surface area contributed by atoms with Crippen molar-refractivity contribution in [3.05, 3.63) is 28.5 Å². The summed E-state index contributed by atoms with van der Waals surface area (Å²) in [5.74, 6) is -0.0711. The van der Waals surface area contributed by atoms with Gasteiger partial charge in [0.05, 0.1) is 11.6 Å². The zero-order valence-corrected chi connectivity index (χ0v) is 10.9. The highest BCUT2D eigenvalue weighted by Gasteiger charge is 2.39. The van der Waals surface area contributed by atoms with Crippen molar-refractivity contribution in [1.29, 1.82) is 0 Å². The average Bonchev–Trinajstić information content (AvgIpc) is 3.13. The lowest BCUT2D eigenvalue weighted by molar-refractivity contribution is -0.149. The van der Waals surface area contributed by atoms with E-state index in [4.69, 9.17) is 9.47 Å². The van der Waals surface area contributed by atoms with Gasteiger partial charge < -0.3 is 9.47 Å². The molecule has 1 aliphatic rings. The molecule has 0 bridgehead atoms. The average molecular weight is 303 g/mol. The van der Waals surface area contributed by atoms with Crippen LogP contribution in [0.25, 0.3) is 0 Å². The van der Waals surface area contributed by atoms with Crippen LogP contribution >= 0.6 is 15.9 Å². The quantitative estimate of drug-likeness (QED) is 0.802. The second-order valence-electron chi connectivity index (χ2n) is 3.97. The molecule has 0 saturated heterocycles. The topological polar surface area (TPSA) is 35.5 Å². The lowest BCUT2D eigenvalue weighted by Crippen LogP contribution is -2.30. The van der Waals surface area contributed by atoms with Crippen molar-refractivity contribution in [2.24, 2.45) is 5.92 Å². The molecule has 0 N–H and O–H groups in total. The highest BCUT2D eigenvalue weighted by molar-refractivity contribution is 9.10. The van der Waals surface area contributed by atoms with Crippen molar-refractivity contribution >= 4 is 21.9 Å². The Morgan fingerprint density at radius 1 is 1.53 bits per heavy atom. The van der Waals surface area contributed by atoms with Gasteiger partial charge in [0.2, 0.25) is 0 Å². The van der Waals surface area contributed by atoms with Gasteiger partial charge in [0, 0.05) is 5.92 Å². The van der Waals surface area contributed by atoms with Gasteiger partial charge in [0.25, 0.3) is 0 Å². The second-order valence-corrected chi connectivity index (χ2v) is 4.83. The fourth-order valence-corrected chi connectivity index (χ4v) is 1.91. The molecule has 1 unspecified atom stereocenters. The monoisotopic (exact) mass is 302 g/mol. The van der Waals surface area contributed by atoms with Crippen LogP contribution in [0.2, 0.25) is 0 Å². The van der Waals surface area contributed by atoms with Gasteiger partial charge in [-0.15, -0.1) is 0 Å². The third kappa shape index (κ3) is 2.97. The molecule has 17 heavy (non-hydrogen) atoms. The summed E-state index contributed by atoms with van der Waals surface area (Å²) >= 11 is 3.07. The van der Waals surface area contributed by atoms with Crippen LogP contribution in [-0.4, -0.2) is 19.2 Å². The van der Waals surface area contributed by atoms with Gasteiger partial charge in [-0.3, -0.25) is 0 Å². The SMILES string of the molecule is COC(=O)C(Oc1ccc(F)c(Br)c1)C1CC1. The summed E-state index contributed by atoms with van der Waals surface area (Å²) in [6.07, 6.45) is 1.34. The molecule has 1 saturated carbocycles. The molecule has 0 heterocycles. The molecule has 0 spiro atoms. The molecule has 0 radical (unpaired) electrons. The van der Waals surface area contributed by atoms with E-state index in [0.29, 0.717) is 10.2 Å². The van der Waals surface area contributed by atoms with Crippen LogP contribution in [0.1, 0.15) is 12.8 Å². The summed E-state index contributed by atoms with van der Waals surface area (Å²) in [6.45, 7) is 0. The van der Waals surface area contributed by atoms with E-state index in [1.807, 2.05) is 0 Å². The van der Waals surface area contributed by atoms with Crippen LogP contribution in [0.15, 0.2) is 22.7 Å². The predicted molar refractivity (Wildman–Crippen MR) is 63.3 cm³/mol. The molecule has 2 rings (SSSR count). The van der Waals surface area contributed by atoms with Gasteiger partial charge >= 0.3 is 5.97 Å². The molecule has 1 aliphatic carbocycles. The van der Waals surface area contributed by atoms with Gasteiger partial charge in [-0.25, -0.2) is 9.18 Å². The first-order valence-electron chi connectivity index (χ1n) is 5.31. The van der Waals surface area contributed by atoms with Crippen molar-refractivity contribution in [2.75, 3.05) is 7.11 Å². The maximum atomic E-state index is 13.0. The number of rotatable bonds is 4. The molecule has 3 nitrogen and oxygen atoms in total. The Hall–Kier alpha value is -1.10. The Balaban J connectivity index is 2.11. The van der Waals surface area contributed by atoms with E-state index in [1.165, 1.54) is 25.3 Å². The predicted octanol–water partition coefficient (Wildman–Crippen LogP) is 2.92. The zero-order valence-electron chi connectivity index (χ0n) is 9.28. The molecular weight excluding hydrogens is 291 g/mol. The van der Waals surface area contributed by atoms with E-state index in [-0.39, 0.29) is 17.7 Å². The Bertz CT molecular complexity index is 432. The van der Waals surface area contributed by atoms with Crippen molar-refractivity contribution in [3.8, 4) is 5.75 Å². The molecule has 1 aromatic rings. The van der Waals surface area contributed by atoms with Crippen LogP contribution in [0, 0.1) is 11.7 Å². The third-order valence-electron chi connectivity index (χ3n) is 2.64. The van der Waals surface area contributed by atoms with E-state index < -0.39 is 6.10 Å². The number of carbonyl (C=O) groups is 1. The number of benzene rings is 1. The lowest BCUT2D eigenvalue weighted by atomic mass is 10.2. The van der Waals surface area contributed by atoms with Crippen LogP contribution in [-0.2, 0) is 9.53 Å². The highest BCUT2D eigenvalue weighted by Crippen LogP contribution is 2.36. The number of halogens is 2. The molecule has 1 fully saturated rings. The molecule has 5 heteroatoms. The second kappa shape index (κ2) is 5.04. The first-order valence-corrected chi connectivity index (χ1v) is 6.10. The molecule has 0 amide bonds. The first kappa shape index (κ1) is 12.4. The minimum Gasteiger partial charge on any atom is -0.478 e. The fourth-order valence-electron chi connectivity index (χ4n) is 1.55. The van der Waals surface area contributed by atoms with E-state index in [9.17, 15) is 9.18 Å². The third-order valence-corrected chi connectivity index (χ3v) is 3.25. The Morgan fingerprint density at radius 2 is 2.24 bits per heavy atom. The van der Waals surface area contributed by atoms with Gasteiger partial charge in [-0.1, -0.05) is 0 Å². The smallest absolute Gasteiger partial charge is 0.347 e. The van der Waals surface area contributed by atoms with E-state index in [1.54, 1.807) is 0 Å². The van der Waals surface area contributed by atoms with Gasteiger partial charge in [0.15, 0.2) is 6.10 Å². The zero-order chi connectivity index (χ0) is 12.4. The van der Waals surface area contributed by atoms with Gasteiger partial charge in [-0.05, 0) is 47.0 Å². The Labute approximate surface area is 107 Å². The fraction of sp³-hybridized carbons (Fsp3) is 0.417. The van der Waals surface area contributed by atoms with Crippen LogP contribution in [0.4, 0.5) is 4.39 Å². The van der Waals surface area contributed by atoms with Crippen LogP contribution < -0.4 is 4.74 Å². The standard InChI is InChI=1S/C12H12BrFO3/c1-16-12(15)11(7-2-3-7)17-8-4-5-10(14)9(13)6-8/h4-7,11H,2-3H2,1H3. The molecule has 1 atom stereocenters. The summed E-state index contributed by atoms with van der Waals surface area (Å²) in [5.41, 5.74) is 0. The van der Waals surface area contributed by atoms with Crippen molar-refractivity contribution < 1.29 is 18.7 Å². The van der Waals surface area contributed by atoms with Gasteiger partial charge in [0.1, 0.15) is 11.6 Å². The minimum atomic E-state index is -0.586. The van der Waals surface area contributed by atoms with Gasteiger partial charge in [-0.2, -0.15) is 0 Å². The first-order chi connectivity index (χ1) is 8.11. The Kier molecular flexibility index (Phi) is 3.66. The van der Waals surface area contributed by atoms with E-state index >= 15 is 0 Å². The maximum Gasteiger partial charge on any atom is 0.347 e. The van der Waals surface area contributed by atoms with E-state index in [0.717, 1.165) is 12.8 Å². The summed E-state index contributed by atoms with van der Waals surface area (Å²) in [5, 5.41) is 0. The molecular formula is C12H12BrFO3. The minimum absolute atomic E-state index is 0.214. The molecule has 0 aliphatic heterocycles. The number of carbonyl (C=O) groups excluding carboxylic acids is 1. The van der Waals surface area contributed by atoms with E-state index in [2.05, 4.69) is 15.9 Å². The van der Waals surface area contributed by atoms with Crippen molar-refractivity contribution in [1.82, 2.24) is 0 Å². The maximum absolute atomic E-state index is 13.0. The summed E-state index contributed by atoms with van der Waals surface area (Å²) in [6, 6.07) is 4.30. The summed E-state index contributed by atoms with van der Waals surface area (Å²) in [7, 11) is 1.33. The number of ether oxygens (including phenoxy) is 2. The number of hydrogen-bond donors (Lipinski definition) is 0. The van der Waals surface area contributed by atoms with Crippen molar-refractivity contribution in [3.63, 3.8) is 0 Å². The highest BCUT2D eigenvalue weighted by atomic mass is 79.9. The summed E-state index contributed by atoms with van der Waals surface area (Å²) < 4.78 is 23.6. The summed E-state index contributed by atoms with van der Waals surface area (Å²) in [4.78, 5) is 11.5. The lowest BCUT2D eigenvalue weighted by Gasteiger charge is -2.16. The molecule has 92 valence electrons. The van der Waals surface area contributed by atoms with Crippen LogP contribution in [0.5, 0.6) is 5.75 Å². The number of esters is 1. The molecule has 1 aromatic carbocycles. The largest absolute Gasteiger partial charge is 0.478 e. The number of hydrogen-bond acceptors (Lipinski definition) is 3. The number of methoxy groups -OCH3 is 1.